The molecule has 1 nitrogen and oxygen atoms in total. The molecule has 1 aliphatic rings. The van der Waals surface area contributed by atoms with Crippen molar-refractivity contribution in [1.29, 1.82) is 0 Å². The largest absolute Gasteiger partial charge is 0.299 e. The van der Waals surface area contributed by atoms with Crippen molar-refractivity contribution in [2.75, 3.05) is 0 Å². The molecule has 0 aromatic carbocycles. The third-order valence-corrected chi connectivity index (χ3v) is 1.08. The summed E-state index contributed by atoms with van der Waals surface area (Å²) in [5.41, 5.74) is 0. The number of rotatable bonds is 2. The Morgan fingerprint density at radius 3 is 2.57 bits per heavy atom. The zero-order chi connectivity index (χ0) is 5.11. The molecule has 0 bridgehead atoms. The molecule has 38 valence electrons. The average molecular weight is 96.1 g/mol. The fourth-order valence-corrected chi connectivity index (χ4v) is 0.491. The third-order valence-electron chi connectivity index (χ3n) is 1.08. The summed E-state index contributed by atoms with van der Waals surface area (Å²) in [5, 5.41) is 0. The molecule has 0 amide bonds. The Morgan fingerprint density at radius 2 is 2.14 bits per heavy atom. The van der Waals surface area contributed by atoms with Crippen LogP contribution in [0, 0.1) is 5.92 Å². The molecule has 7 heavy (non-hydrogen) atoms. The van der Waals surface area contributed by atoms with Crippen LogP contribution in [-0.4, -0.2) is 6.29 Å². The number of aldehydes is 1. The van der Waals surface area contributed by atoms with E-state index in [2.05, 4.69) is 0 Å². The van der Waals surface area contributed by atoms with E-state index < -0.39 is 0 Å². The maximum absolute atomic E-state index is 9.65. The molecular weight excluding hydrogens is 88.1 g/mol. The summed E-state index contributed by atoms with van der Waals surface area (Å²) >= 11 is 0. The van der Waals surface area contributed by atoms with Crippen molar-refractivity contribution >= 4 is 6.29 Å². The highest BCUT2D eigenvalue weighted by molar-refractivity contribution is 5.64. The topological polar surface area (TPSA) is 17.1 Å². The number of carbonyl (C=O) groups is 1. The molecule has 0 saturated heterocycles. The quantitative estimate of drug-likeness (QED) is 0.372. The van der Waals surface area contributed by atoms with E-state index in [0.717, 1.165) is 12.2 Å². The van der Waals surface area contributed by atoms with Crippen molar-refractivity contribution in [3.05, 3.63) is 12.2 Å². The summed E-state index contributed by atoms with van der Waals surface area (Å²) in [7, 11) is 0. The highest BCUT2D eigenvalue weighted by Gasteiger charge is 2.16. The van der Waals surface area contributed by atoms with Gasteiger partial charge in [-0.05, 0) is 24.8 Å². The molecule has 0 heterocycles. The van der Waals surface area contributed by atoms with Crippen LogP contribution in [0.2, 0.25) is 0 Å². The van der Waals surface area contributed by atoms with Crippen molar-refractivity contribution in [2.24, 2.45) is 5.92 Å². The number of hydrogen-bond acceptors (Lipinski definition) is 1. The molecule has 0 spiro atoms. The lowest BCUT2D eigenvalue weighted by Gasteiger charge is -1.69. The van der Waals surface area contributed by atoms with Gasteiger partial charge in [-0.15, -0.1) is 0 Å². The van der Waals surface area contributed by atoms with Crippen molar-refractivity contribution in [1.82, 2.24) is 0 Å². The van der Waals surface area contributed by atoms with Crippen LogP contribution in [0.15, 0.2) is 12.2 Å². The minimum atomic E-state index is 0.741. The molecule has 1 aliphatic carbocycles. The molecule has 1 saturated carbocycles. The van der Waals surface area contributed by atoms with Crippen LogP contribution >= 0.6 is 0 Å². The standard InChI is InChI=1S/C6H8O/c7-5-1-2-6-3-4-6/h1-2,5-6H,3-4H2/b2-1+. The van der Waals surface area contributed by atoms with E-state index in [1.165, 1.54) is 12.8 Å². The third kappa shape index (κ3) is 1.53. The Labute approximate surface area is 43.0 Å². The molecule has 0 atom stereocenters. The van der Waals surface area contributed by atoms with E-state index in [1.54, 1.807) is 6.08 Å². The van der Waals surface area contributed by atoms with Gasteiger partial charge in [-0.1, -0.05) is 6.08 Å². The fraction of sp³-hybridized carbons (Fsp3) is 0.500. The zero-order valence-electron chi connectivity index (χ0n) is 4.13. The van der Waals surface area contributed by atoms with Gasteiger partial charge in [-0.3, -0.25) is 4.79 Å². The molecule has 0 radical (unpaired) electrons. The molecule has 0 aromatic rings. The van der Waals surface area contributed by atoms with Gasteiger partial charge in [0.2, 0.25) is 0 Å². The summed E-state index contributed by atoms with van der Waals surface area (Å²) in [6.45, 7) is 0. The molecular formula is C6H8O. The second-order valence-electron chi connectivity index (χ2n) is 1.86. The Bertz CT molecular complexity index is 90.4. The lowest BCUT2D eigenvalue weighted by Crippen LogP contribution is -1.62. The van der Waals surface area contributed by atoms with Crippen LogP contribution in [0.1, 0.15) is 12.8 Å². The molecule has 0 aliphatic heterocycles. The summed E-state index contributed by atoms with van der Waals surface area (Å²) < 4.78 is 0. The minimum Gasteiger partial charge on any atom is -0.299 e. The minimum absolute atomic E-state index is 0.741. The number of allylic oxidation sites excluding steroid dienone is 2. The van der Waals surface area contributed by atoms with Gasteiger partial charge >= 0.3 is 0 Å². The molecule has 0 unspecified atom stereocenters. The van der Waals surface area contributed by atoms with Gasteiger partial charge < -0.3 is 0 Å². The van der Waals surface area contributed by atoms with Crippen LogP contribution < -0.4 is 0 Å². The second kappa shape index (κ2) is 1.92. The summed E-state index contributed by atoms with van der Waals surface area (Å²) in [4.78, 5) is 9.65. The lowest BCUT2D eigenvalue weighted by atomic mass is 10.4. The number of carbonyl (C=O) groups excluding carboxylic acids is 1. The van der Waals surface area contributed by atoms with Crippen molar-refractivity contribution < 1.29 is 4.79 Å². The summed E-state index contributed by atoms with van der Waals surface area (Å²) in [6.07, 6.45) is 6.94. The summed E-state index contributed by atoms with van der Waals surface area (Å²) in [6, 6.07) is 0. The van der Waals surface area contributed by atoms with Gasteiger partial charge in [0.25, 0.3) is 0 Å². The lowest BCUT2D eigenvalue weighted by molar-refractivity contribution is -0.104. The maximum atomic E-state index is 9.65. The van der Waals surface area contributed by atoms with E-state index in [0.29, 0.717) is 0 Å². The Kier molecular flexibility index (Phi) is 1.25. The zero-order valence-corrected chi connectivity index (χ0v) is 4.13. The van der Waals surface area contributed by atoms with Gasteiger partial charge in [0.05, 0.1) is 0 Å². The monoisotopic (exact) mass is 96.1 g/mol. The second-order valence-corrected chi connectivity index (χ2v) is 1.86. The van der Waals surface area contributed by atoms with Crippen LogP contribution in [0.4, 0.5) is 0 Å². The Balaban J connectivity index is 2.17. The van der Waals surface area contributed by atoms with E-state index in [9.17, 15) is 4.79 Å². The van der Waals surface area contributed by atoms with Gasteiger partial charge in [0.1, 0.15) is 6.29 Å². The van der Waals surface area contributed by atoms with E-state index in [4.69, 9.17) is 0 Å². The maximum Gasteiger partial charge on any atom is 0.142 e. The fourth-order valence-electron chi connectivity index (χ4n) is 0.491. The first-order valence-corrected chi connectivity index (χ1v) is 2.55. The van der Waals surface area contributed by atoms with Crippen LogP contribution in [0.3, 0.4) is 0 Å². The van der Waals surface area contributed by atoms with E-state index >= 15 is 0 Å². The predicted octanol–water partition coefficient (Wildman–Crippen LogP) is 1.15. The van der Waals surface area contributed by atoms with E-state index in [-0.39, 0.29) is 0 Å². The molecule has 0 N–H and O–H groups in total. The van der Waals surface area contributed by atoms with Gasteiger partial charge in [0.15, 0.2) is 0 Å². The van der Waals surface area contributed by atoms with Crippen molar-refractivity contribution in [3.63, 3.8) is 0 Å². The SMILES string of the molecule is O=C/C=C/C1CC1. The molecule has 1 fully saturated rings. The van der Waals surface area contributed by atoms with Crippen LogP contribution in [-0.2, 0) is 4.79 Å². The summed E-state index contributed by atoms with van der Waals surface area (Å²) in [5.74, 6) is 0.741. The first kappa shape index (κ1) is 4.57. The Morgan fingerprint density at radius 1 is 1.43 bits per heavy atom. The van der Waals surface area contributed by atoms with Crippen molar-refractivity contribution in [3.8, 4) is 0 Å². The van der Waals surface area contributed by atoms with Crippen LogP contribution in [0.5, 0.6) is 0 Å². The number of hydrogen-bond donors (Lipinski definition) is 0. The average Bonchev–Trinajstić information content (AvgIpc) is 2.42. The predicted molar refractivity (Wildman–Crippen MR) is 27.9 cm³/mol. The molecule has 1 heteroatoms. The van der Waals surface area contributed by atoms with Gasteiger partial charge in [0, 0.05) is 0 Å². The van der Waals surface area contributed by atoms with Crippen molar-refractivity contribution in [2.45, 2.75) is 12.8 Å². The van der Waals surface area contributed by atoms with Gasteiger partial charge in [-0.2, -0.15) is 0 Å². The smallest absolute Gasteiger partial charge is 0.142 e. The van der Waals surface area contributed by atoms with E-state index in [1.807, 2.05) is 6.08 Å². The van der Waals surface area contributed by atoms with Crippen LogP contribution in [0.25, 0.3) is 0 Å². The highest BCUT2D eigenvalue weighted by Crippen LogP contribution is 2.29. The normalized spacial score (nSPS) is 20.6. The molecule has 0 aromatic heterocycles. The highest BCUT2D eigenvalue weighted by atomic mass is 16.1. The molecule has 1 rings (SSSR count). The first-order chi connectivity index (χ1) is 3.43. The van der Waals surface area contributed by atoms with Gasteiger partial charge in [-0.25, -0.2) is 0 Å². The first-order valence-electron chi connectivity index (χ1n) is 2.55. The Hall–Kier alpha value is -0.590.